The van der Waals surface area contributed by atoms with Gasteiger partial charge in [-0.2, -0.15) is 0 Å². The zero-order valence-corrected chi connectivity index (χ0v) is 12.7. The summed E-state index contributed by atoms with van der Waals surface area (Å²) in [4.78, 5) is 8.43. The van der Waals surface area contributed by atoms with Gasteiger partial charge < -0.3 is 10.6 Å². The number of nitrogens with zero attached hydrogens (tertiary/aromatic N) is 2. The number of nitrogens with one attached hydrogen (secondary N) is 2. The SMILES string of the molecule is CCNc1ncnc(NC2CCS(=O)CC2)c1Br. The number of hydrogen-bond acceptors (Lipinski definition) is 5. The third kappa shape index (κ3) is 3.41. The van der Waals surface area contributed by atoms with Gasteiger partial charge in [0.2, 0.25) is 0 Å². The van der Waals surface area contributed by atoms with Gasteiger partial charge in [0.1, 0.15) is 22.4 Å². The van der Waals surface area contributed by atoms with Crippen molar-refractivity contribution in [1.82, 2.24) is 9.97 Å². The molecule has 1 aromatic rings. The number of hydrogen-bond donors (Lipinski definition) is 2. The average molecular weight is 333 g/mol. The van der Waals surface area contributed by atoms with Crippen molar-refractivity contribution < 1.29 is 4.21 Å². The van der Waals surface area contributed by atoms with Crippen LogP contribution in [0.4, 0.5) is 11.6 Å². The van der Waals surface area contributed by atoms with Gasteiger partial charge in [0.05, 0.1) is 0 Å². The molecule has 1 aromatic heterocycles. The van der Waals surface area contributed by atoms with Crippen molar-refractivity contribution >= 4 is 38.4 Å². The Morgan fingerprint density at radius 2 is 2.06 bits per heavy atom. The van der Waals surface area contributed by atoms with Gasteiger partial charge in [-0.25, -0.2) is 9.97 Å². The minimum Gasteiger partial charge on any atom is -0.369 e. The van der Waals surface area contributed by atoms with Crippen molar-refractivity contribution in [2.45, 2.75) is 25.8 Å². The second-order valence-corrected chi connectivity index (χ2v) is 6.67. The Hall–Kier alpha value is -0.690. The van der Waals surface area contributed by atoms with Crippen LogP contribution in [0.5, 0.6) is 0 Å². The molecular formula is C11H17BrN4OS. The molecule has 0 atom stereocenters. The lowest BCUT2D eigenvalue weighted by atomic mass is 10.1. The first-order chi connectivity index (χ1) is 8.70. The molecule has 2 rings (SSSR count). The van der Waals surface area contributed by atoms with Crippen molar-refractivity contribution in [3.05, 3.63) is 10.8 Å². The van der Waals surface area contributed by atoms with Crippen LogP contribution in [0.2, 0.25) is 0 Å². The Morgan fingerprint density at radius 3 is 2.72 bits per heavy atom. The lowest BCUT2D eigenvalue weighted by Gasteiger charge is -2.23. The van der Waals surface area contributed by atoms with Crippen LogP contribution in [-0.2, 0) is 10.8 Å². The van der Waals surface area contributed by atoms with E-state index in [1.54, 1.807) is 6.33 Å². The van der Waals surface area contributed by atoms with Gasteiger partial charge in [0, 0.05) is 34.9 Å². The molecule has 0 saturated carbocycles. The van der Waals surface area contributed by atoms with E-state index in [0.29, 0.717) is 6.04 Å². The highest BCUT2D eigenvalue weighted by molar-refractivity contribution is 9.10. The Kier molecular flexibility index (Phi) is 4.94. The molecule has 2 N–H and O–H groups in total. The first kappa shape index (κ1) is 13.7. The first-order valence-electron chi connectivity index (χ1n) is 6.06. The average Bonchev–Trinajstić information content (AvgIpc) is 2.37. The summed E-state index contributed by atoms with van der Waals surface area (Å²) >= 11 is 3.51. The van der Waals surface area contributed by atoms with Gasteiger partial charge in [0.15, 0.2) is 0 Å². The summed E-state index contributed by atoms with van der Waals surface area (Å²) < 4.78 is 12.2. The topological polar surface area (TPSA) is 66.9 Å². The van der Waals surface area contributed by atoms with E-state index in [4.69, 9.17) is 0 Å². The predicted octanol–water partition coefficient (Wildman–Crippen LogP) is 1.99. The smallest absolute Gasteiger partial charge is 0.146 e. The van der Waals surface area contributed by atoms with Crippen LogP contribution in [-0.4, -0.2) is 38.3 Å². The number of halogens is 1. The molecule has 7 heteroatoms. The Morgan fingerprint density at radius 1 is 1.39 bits per heavy atom. The maximum atomic E-state index is 11.3. The third-order valence-electron chi connectivity index (χ3n) is 2.86. The quantitative estimate of drug-likeness (QED) is 0.882. The molecule has 0 bridgehead atoms. The second kappa shape index (κ2) is 6.47. The fourth-order valence-corrected chi connectivity index (χ4v) is 3.65. The zero-order chi connectivity index (χ0) is 13.0. The van der Waals surface area contributed by atoms with E-state index in [2.05, 4.69) is 36.5 Å². The van der Waals surface area contributed by atoms with Gasteiger partial charge in [0.25, 0.3) is 0 Å². The second-order valence-electron chi connectivity index (χ2n) is 4.18. The fourth-order valence-electron chi connectivity index (χ4n) is 1.89. The van der Waals surface area contributed by atoms with E-state index in [9.17, 15) is 4.21 Å². The minimum absolute atomic E-state index is 0.350. The molecule has 0 aromatic carbocycles. The lowest BCUT2D eigenvalue weighted by Crippen LogP contribution is -2.30. The van der Waals surface area contributed by atoms with E-state index < -0.39 is 10.8 Å². The molecule has 1 saturated heterocycles. The van der Waals surface area contributed by atoms with Crippen LogP contribution >= 0.6 is 15.9 Å². The molecule has 18 heavy (non-hydrogen) atoms. The van der Waals surface area contributed by atoms with E-state index in [1.807, 2.05) is 6.92 Å². The molecule has 0 aliphatic carbocycles. The first-order valence-corrected chi connectivity index (χ1v) is 8.34. The zero-order valence-electron chi connectivity index (χ0n) is 10.3. The van der Waals surface area contributed by atoms with Crippen LogP contribution < -0.4 is 10.6 Å². The number of aromatic nitrogens is 2. The Labute approximate surface area is 118 Å². The molecule has 2 heterocycles. The van der Waals surface area contributed by atoms with Crippen molar-refractivity contribution in [1.29, 1.82) is 0 Å². The van der Waals surface area contributed by atoms with Crippen LogP contribution in [0, 0.1) is 0 Å². The largest absolute Gasteiger partial charge is 0.369 e. The van der Waals surface area contributed by atoms with E-state index in [-0.39, 0.29) is 0 Å². The summed E-state index contributed by atoms with van der Waals surface area (Å²) in [5, 5.41) is 6.57. The maximum Gasteiger partial charge on any atom is 0.146 e. The number of rotatable bonds is 4. The van der Waals surface area contributed by atoms with Crippen molar-refractivity contribution in [3.8, 4) is 0 Å². The molecule has 0 radical (unpaired) electrons. The highest BCUT2D eigenvalue weighted by atomic mass is 79.9. The van der Waals surface area contributed by atoms with Crippen molar-refractivity contribution in [3.63, 3.8) is 0 Å². The maximum absolute atomic E-state index is 11.3. The predicted molar refractivity (Wildman–Crippen MR) is 78.4 cm³/mol. The van der Waals surface area contributed by atoms with Crippen molar-refractivity contribution in [2.75, 3.05) is 28.7 Å². The molecular weight excluding hydrogens is 316 g/mol. The summed E-state index contributed by atoms with van der Waals surface area (Å²) in [7, 11) is -0.628. The Bertz CT molecular complexity index is 433. The standard InChI is InChI=1S/C11H17BrN4OS/c1-2-13-10-9(12)11(15-7-14-10)16-8-3-5-18(17)6-4-8/h7-8H,2-6H2,1H3,(H2,13,14,15,16). The molecule has 0 spiro atoms. The monoisotopic (exact) mass is 332 g/mol. The highest BCUT2D eigenvalue weighted by Gasteiger charge is 2.19. The fraction of sp³-hybridized carbons (Fsp3) is 0.636. The van der Waals surface area contributed by atoms with E-state index in [0.717, 1.165) is 47.0 Å². The normalized spacial score (nSPS) is 23.7. The van der Waals surface area contributed by atoms with Crippen LogP contribution in [0.25, 0.3) is 0 Å². The molecule has 100 valence electrons. The molecule has 0 unspecified atom stereocenters. The summed E-state index contributed by atoms with van der Waals surface area (Å²) in [5.74, 6) is 3.16. The van der Waals surface area contributed by atoms with E-state index >= 15 is 0 Å². The van der Waals surface area contributed by atoms with Gasteiger partial charge in [-0.3, -0.25) is 4.21 Å². The lowest BCUT2D eigenvalue weighted by molar-refractivity contribution is 0.622. The van der Waals surface area contributed by atoms with E-state index in [1.165, 1.54) is 0 Å². The van der Waals surface area contributed by atoms with Gasteiger partial charge in [-0.05, 0) is 35.7 Å². The molecule has 1 aliphatic rings. The Balaban J connectivity index is 2.04. The third-order valence-corrected chi connectivity index (χ3v) is 5.00. The van der Waals surface area contributed by atoms with Gasteiger partial charge >= 0.3 is 0 Å². The highest BCUT2D eigenvalue weighted by Crippen LogP contribution is 2.28. The van der Waals surface area contributed by atoms with Crippen LogP contribution in [0.3, 0.4) is 0 Å². The summed E-state index contributed by atoms with van der Waals surface area (Å²) in [6.07, 6.45) is 3.41. The number of anilines is 2. The summed E-state index contributed by atoms with van der Waals surface area (Å²) in [6.45, 7) is 2.84. The molecule has 1 aliphatic heterocycles. The minimum atomic E-state index is -0.628. The van der Waals surface area contributed by atoms with Gasteiger partial charge in [-0.15, -0.1) is 0 Å². The van der Waals surface area contributed by atoms with Gasteiger partial charge in [-0.1, -0.05) is 0 Å². The van der Waals surface area contributed by atoms with Crippen LogP contribution in [0.15, 0.2) is 10.8 Å². The molecule has 1 fully saturated rings. The summed E-state index contributed by atoms with van der Waals surface area (Å²) in [5.41, 5.74) is 0. The molecule has 5 nitrogen and oxygen atoms in total. The van der Waals surface area contributed by atoms with Crippen LogP contribution in [0.1, 0.15) is 19.8 Å². The van der Waals surface area contributed by atoms with Crippen molar-refractivity contribution in [2.24, 2.45) is 0 Å². The molecule has 0 amide bonds. The summed E-state index contributed by atoms with van der Waals surface area (Å²) in [6, 6.07) is 0.350.